The van der Waals surface area contributed by atoms with Crippen molar-refractivity contribution in [3.05, 3.63) is 0 Å². The lowest BCUT2D eigenvalue weighted by atomic mass is 9.93. The van der Waals surface area contributed by atoms with Gasteiger partial charge >= 0.3 is 6.09 Å². The van der Waals surface area contributed by atoms with E-state index < -0.39 is 11.8 Å². The molecule has 6 heteroatoms. The van der Waals surface area contributed by atoms with Gasteiger partial charge in [0.25, 0.3) is 0 Å². The molecule has 0 aromatic rings. The van der Waals surface area contributed by atoms with E-state index in [2.05, 4.69) is 0 Å². The number of aliphatic hydroxyl groups is 1. The van der Waals surface area contributed by atoms with Crippen molar-refractivity contribution in [3.63, 3.8) is 0 Å². The molecule has 0 bridgehead atoms. The number of rotatable bonds is 2. The van der Waals surface area contributed by atoms with E-state index in [9.17, 15) is 14.7 Å². The van der Waals surface area contributed by atoms with Gasteiger partial charge in [-0.1, -0.05) is 0 Å². The first-order valence-electron chi connectivity index (χ1n) is 8.22. The molecule has 0 aliphatic carbocycles. The summed E-state index contributed by atoms with van der Waals surface area (Å²) in [5, 5.41) is 9.75. The molecule has 126 valence electrons. The molecule has 6 nitrogen and oxygen atoms in total. The van der Waals surface area contributed by atoms with Gasteiger partial charge in [-0.3, -0.25) is 4.79 Å². The van der Waals surface area contributed by atoms with Crippen LogP contribution in [0.1, 0.15) is 52.9 Å². The lowest BCUT2D eigenvalue weighted by molar-refractivity contribution is -0.139. The first kappa shape index (κ1) is 17.1. The number of likely N-dealkylation sites (tertiary alicyclic amines) is 2. The van der Waals surface area contributed by atoms with Gasteiger partial charge < -0.3 is 19.6 Å². The molecular formula is C16H28N2O4. The summed E-state index contributed by atoms with van der Waals surface area (Å²) >= 11 is 0. The standard InChI is InChI=1S/C16H28N2O4/c1-16(2,3)22-15(21)17-9-6-12(7-10-17)11-14(20)18-8-4-5-13(18)19/h12-13,19H,4-11H2,1-3H3. The maximum absolute atomic E-state index is 12.2. The first-order valence-corrected chi connectivity index (χ1v) is 8.22. The van der Waals surface area contributed by atoms with Crippen LogP contribution in [0.5, 0.6) is 0 Å². The second-order valence-corrected chi connectivity index (χ2v) is 7.32. The van der Waals surface area contributed by atoms with E-state index in [-0.39, 0.29) is 12.0 Å². The Labute approximate surface area is 132 Å². The average molecular weight is 312 g/mol. The number of piperidine rings is 1. The van der Waals surface area contributed by atoms with Crippen molar-refractivity contribution in [3.8, 4) is 0 Å². The molecule has 0 aromatic carbocycles. The average Bonchev–Trinajstić information content (AvgIpc) is 2.84. The van der Waals surface area contributed by atoms with Crippen molar-refractivity contribution < 1.29 is 19.4 Å². The fourth-order valence-electron chi connectivity index (χ4n) is 3.05. The summed E-state index contributed by atoms with van der Waals surface area (Å²) in [7, 11) is 0. The quantitative estimate of drug-likeness (QED) is 0.846. The van der Waals surface area contributed by atoms with Crippen molar-refractivity contribution in [1.29, 1.82) is 0 Å². The Bertz CT molecular complexity index is 411. The summed E-state index contributed by atoms with van der Waals surface area (Å²) in [5.74, 6) is 0.333. The van der Waals surface area contributed by atoms with Crippen molar-refractivity contribution in [2.45, 2.75) is 64.7 Å². The van der Waals surface area contributed by atoms with Crippen LogP contribution in [0.4, 0.5) is 4.79 Å². The molecule has 1 unspecified atom stereocenters. The third kappa shape index (κ3) is 4.60. The molecule has 0 saturated carbocycles. The van der Waals surface area contributed by atoms with Gasteiger partial charge in [0.05, 0.1) is 0 Å². The van der Waals surface area contributed by atoms with Gasteiger partial charge in [-0.05, 0) is 52.4 Å². The minimum absolute atomic E-state index is 0.0423. The second kappa shape index (κ2) is 6.86. The SMILES string of the molecule is CC(C)(C)OC(=O)N1CCC(CC(=O)N2CCCC2O)CC1. The topological polar surface area (TPSA) is 70.1 Å². The van der Waals surface area contributed by atoms with Crippen molar-refractivity contribution >= 4 is 12.0 Å². The number of aliphatic hydroxyl groups excluding tert-OH is 1. The van der Waals surface area contributed by atoms with Crippen LogP contribution in [-0.4, -0.2) is 58.4 Å². The van der Waals surface area contributed by atoms with Gasteiger partial charge in [-0.25, -0.2) is 4.79 Å². The Morgan fingerprint density at radius 3 is 2.27 bits per heavy atom. The van der Waals surface area contributed by atoms with Gasteiger partial charge in [-0.15, -0.1) is 0 Å². The maximum atomic E-state index is 12.2. The predicted octanol–water partition coefficient (Wildman–Crippen LogP) is 1.96. The van der Waals surface area contributed by atoms with E-state index in [0.29, 0.717) is 38.4 Å². The van der Waals surface area contributed by atoms with Crippen LogP contribution in [0.3, 0.4) is 0 Å². The molecular weight excluding hydrogens is 284 g/mol. The highest BCUT2D eigenvalue weighted by molar-refractivity contribution is 5.77. The zero-order chi connectivity index (χ0) is 16.3. The molecule has 0 spiro atoms. The van der Waals surface area contributed by atoms with E-state index in [0.717, 1.165) is 19.3 Å². The lowest BCUT2D eigenvalue weighted by Gasteiger charge is -2.34. The van der Waals surface area contributed by atoms with Crippen LogP contribution < -0.4 is 0 Å². The highest BCUT2D eigenvalue weighted by Gasteiger charge is 2.31. The van der Waals surface area contributed by atoms with Crippen LogP contribution in [-0.2, 0) is 9.53 Å². The molecule has 22 heavy (non-hydrogen) atoms. The number of nitrogens with zero attached hydrogens (tertiary/aromatic N) is 2. The van der Waals surface area contributed by atoms with Crippen molar-refractivity contribution in [2.75, 3.05) is 19.6 Å². The van der Waals surface area contributed by atoms with Crippen LogP contribution >= 0.6 is 0 Å². The van der Waals surface area contributed by atoms with Gasteiger partial charge in [-0.2, -0.15) is 0 Å². The highest BCUT2D eigenvalue weighted by atomic mass is 16.6. The van der Waals surface area contributed by atoms with Gasteiger partial charge in [0.2, 0.25) is 5.91 Å². The zero-order valence-electron chi connectivity index (χ0n) is 13.9. The van der Waals surface area contributed by atoms with E-state index >= 15 is 0 Å². The summed E-state index contributed by atoms with van der Waals surface area (Å²) in [6.07, 6.45) is 2.79. The second-order valence-electron chi connectivity index (χ2n) is 7.32. The normalized spacial score (nSPS) is 23.7. The number of hydrogen-bond donors (Lipinski definition) is 1. The molecule has 2 rings (SSSR count). The molecule has 2 aliphatic rings. The molecule has 1 atom stereocenters. The Balaban J connectivity index is 1.75. The van der Waals surface area contributed by atoms with E-state index in [4.69, 9.17) is 4.74 Å². The molecule has 2 saturated heterocycles. The third-order valence-corrected chi connectivity index (χ3v) is 4.27. The molecule has 2 heterocycles. The van der Waals surface area contributed by atoms with Gasteiger partial charge in [0.15, 0.2) is 0 Å². The third-order valence-electron chi connectivity index (χ3n) is 4.27. The largest absolute Gasteiger partial charge is 0.444 e. The number of ether oxygens (including phenoxy) is 1. The number of hydrogen-bond acceptors (Lipinski definition) is 4. The van der Waals surface area contributed by atoms with Gasteiger partial charge in [0.1, 0.15) is 11.8 Å². The summed E-state index contributed by atoms with van der Waals surface area (Å²) in [4.78, 5) is 27.5. The molecule has 0 aromatic heterocycles. The van der Waals surface area contributed by atoms with Crippen LogP contribution in [0.2, 0.25) is 0 Å². The molecule has 0 radical (unpaired) electrons. The summed E-state index contributed by atoms with van der Waals surface area (Å²) in [6, 6.07) is 0. The van der Waals surface area contributed by atoms with Crippen LogP contribution in [0, 0.1) is 5.92 Å². The summed E-state index contributed by atoms with van der Waals surface area (Å²) in [5.41, 5.74) is -0.476. The molecule has 1 N–H and O–H groups in total. The fraction of sp³-hybridized carbons (Fsp3) is 0.875. The van der Waals surface area contributed by atoms with E-state index in [1.54, 1.807) is 9.80 Å². The summed E-state index contributed by atoms with van der Waals surface area (Å²) in [6.45, 7) is 7.51. The van der Waals surface area contributed by atoms with Gasteiger partial charge in [0, 0.05) is 26.1 Å². The Morgan fingerprint density at radius 1 is 1.14 bits per heavy atom. The Kier molecular flexibility index (Phi) is 5.32. The Morgan fingerprint density at radius 2 is 1.77 bits per heavy atom. The van der Waals surface area contributed by atoms with Crippen LogP contribution in [0.15, 0.2) is 0 Å². The first-order chi connectivity index (χ1) is 10.3. The minimum atomic E-state index is -0.602. The van der Waals surface area contributed by atoms with E-state index in [1.807, 2.05) is 20.8 Å². The van der Waals surface area contributed by atoms with Crippen LogP contribution in [0.25, 0.3) is 0 Å². The molecule has 2 fully saturated rings. The fourth-order valence-corrected chi connectivity index (χ4v) is 3.05. The van der Waals surface area contributed by atoms with Crippen molar-refractivity contribution in [1.82, 2.24) is 9.80 Å². The molecule has 2 aliphatic heterocycles. The van der Waals surface area contributed by atoms with E-state index in [1.165, 1.54) is 0 Å². The van der Waals surface area contributed by atoms with Crippen molar-refractivity contribution in [2.24, 2.45) is 5.92 Å². The summed E-state index contributed by atoms with van der Waals surface area (Å²) < 4.78 is 5.37. The highest BCUT2D eigenvalue weighted by Crippen LogP contribution is 2.25. The number of carbonyl (C=O) groups excluding carboxylic acids is 2. The maximum Gasteiger partial charge on any atom is 0.410 e. The Hall–Kier alpha value is -1.30. The monoisotopic (exact) mass is 312 g/mol. The minimum Gasteiger partial charge on any atom is -0.444 e. The number of carbonyl (C=O) groups is 2. The molecule has 2 amide bonds. The zero-order valence-corrected chi connectivity index (χ0v) is 13.9. The number of amides is 2. The predicted molar refractivity (Wildman–Crippen MR) is 82.1 cm³/mol. The lowest BCUT2D eigenvalue weighted by Crippen LogP contribution is -2.43. The smallest absolute Gasteiger partial charge is 0.410 e.